The molecule has 0 spiro atoms. The van der Waals surface area contributed by atoms with E-state index in [2.05, 4.69) is 22.9 Å². The fourth-order valence-corrected chi connectivity index (χ4v) is 11.4. The minimum absolute atomic E-state index is 0.0570. The minimum atomic E-state index is -0.443. The molecule has 0 aromatic carbocycles. The van der Waals surface area contributed by atoms with Crippen molar-refractivity contribution in [1.29, 1.82) is 0 Å². The van der Waals surface area contributed by atoms with E-state index in [4.69, 9.17) is 4.74 Å². The number of nitrogens with one attached hydrogen (secondary N) is 3. The van der Waals surface area contributed by atoms with E-state index in [1.165, 1.54) is 135 Å². The quantitative estimate of drug-likeness (QED) is 0.111. The normalized spacial score (nSPS) is 41.1. The van der Waals surface area contributed by atoms with Crippen molar-refractivity contribution < 1.29 is 14.6 Å². The zero-order chi connectivity index (χ0) is 32.4. The Hall–Kier alpha value is -0.690. The fraction of sp³-hybridized carbons (Fsp3) is 0.976. The van der Waals surface area contributed by atoms with Crippen molar-refractivity contribution in [1.82, 2.24) is 16.0 Å². The lowest BCUT2D eigenvalue weighted by Gasteiger charge is -2.52. The second-order valence-electron chi connectivity index (χ2n) is 17.4. The van der Waals surface area contributed by atoms with Gasteiger partial charge in [-0.1, -0.05) is 110 Å². The molecule has 0 aromatic rings. The number of unbranched alkanes of at least 4 members (excludes halogenated alkanes) is 8. The Kier molecular flexibility index (Phi) is 14.2. The molecule has 0 aromatic heterocycles. The Morgan fingerprint density at radius 1 is 0.553 bits per heavy atom. The van der Waals surface area contributed by atoms with Gasteiger partial charge in [0.15, 0.2) is 0 Å². The first-order valence-electron chi connectivity index (χ1n) is 21.2. The molecule has 11 unspecified atom stereocenters. The molecule has 1 saturated heterocycles. The maximum atomic E-state index is 12.7. The van der Waals surface area contributed by atoms with Gasteiger partial charge in [0, 0.05) is 18.8 Å². The molecule has 6 heteroatoms. The summed E-state index contributed by atoms with van der Waals surface area (Å²) < 4.78 is 5.95. The molecule has 47 heavy (non-hydrogen) atoms. The van der Waals surface area contributed by atoms with Crippen LogP contribution < -0.4 is 16.0 Å². The lowest BCUT2D eigenvalue weighted by Crippen LogP contribution is -2.73. The van der Waals surface area contributed by atoms with Crippen LogP contribution in [0.4, 0.5) is 0 Å². The van der Waals surface area contributed by atoms with Crippen LogP contribution in [0.15, 0.2) is 0 Å². The SMILES string of the molecule is CCCCCCCCCCCC(=O)OC1CCC(C2NC(C3CCC4CCCCC4C3)NC(C3CCC4CCCCC4C3)N2)C(O)C1. The van der Waals surface area contributed by atoms with Crippen LogP contribution in [0, 0.1) is 41.4 Å². The number of carbonyl (C=O) groups excluding carboxylic acids is 1. The topological polar surface area (TPSA) is 82.6 Å². The van der Waals surface area contributed by atoms with Gasteiger partial charge < -0.3 is 9.84 Å². The molecule has 1 aliphatic heterocycles. The van der Waals surface area contributed by atoms with Crippen molar-refractivity contribution >= 4 is 5.97 Å². The molecule has 1 heterocycles. The van der Waals surface area contributed by atoms with Crippen molar-refractivity contribution in [2.45, 2.75) is 211 Å². The van der Waals surface area contributed by atoms with Crippen LogP contribution in [0.3, 0.4) is 0 Å². The van der Waals surface area contributed by atoms with Crippen molar-refractivity contribution in [3.05, 3.63) is 0 Å². The molecule has 0 bridgehead atoms. The van der Waals surface area contributed by atoms with E-state index in [0.717, 1.165) is 49.4 Å². The summed E-state index contributed by atoms with van der Waals surface area (Å²) in [5.41, 5.74) is 0. The molecule has 0 amide bonds. The van der Waals surface area contributed by atoms with E-state index in [-0.39, 0.29) is 24.2 Å². The summed E-state index contributed by atoms with van der Waals surface area (Å²) in [6, 6.07) is 0. The van der Waals surface area contributed by atoms with Gasteiger partial charge in [0.05, 0.1) is 24.6 Å². The number of hydrogen-bond donors (Lipinski definition) is 4. The summed E-state index contributed by atoms with van der Waals surface area (Å²) in [6.07, 6.45) is 34.1. The molecular formula is C41H73N3O3. The van der Waals surface area contributed by atoms with Crippen LogP contribution >= 0.6 is 0 Å². The summed E-state index contributed by atoms with van der Waals surface area (Å²) >= 11 is 0. The molecule has 270 valence electrons. The fourth-order valence-electron chi connectivity index (χ4n) is 11.4. The van der Waals surface area contributed by atoms with Crippen LogP contribution in [-0.2, 0) is 9.53 Å². The lowest BCUT2D eigenvalue weighted by atomic mass is 9.66. The summed E-state index contributed by atoms with van der Waals surface area (Å²) in [4.78, 5) is 12.7. The third kappa shape index (κ3) is 10.2. The number of rotatable bonds is 14. The minimum Gasteiger partial charge on any atom is -0.462 e. The molecule has 5 saturated carbocycles. The van der Waals surface area contributed by atoms with E-state index in [1.807, 2.05) is 0 Å². The highest BCUT2D eigenvalue weighted by atomic mass is 16.5. The van der Waals surface area contributed by atoms with Crippen LogP contribution in [0.2, 0.25) is 0 Å². The number of fused-ring (bicyclic) bond motifs is 2. The first kappa shape index (κ1) is 36.1. The summed E-state index contributed by atoms with van der Waals surface area (Å²) in [6.45, 7) is 2.27. The second kappa shape index (κ2) is 18.5. The van der Waals surface area contributed by atoms with E-state index in [0.29, 0.717) is 37.0 Å². The van der Waals surface area contributed by atoms with Crippen LogP contribution in [-0.4, -0.2) is 41.8 Å². The number of hydrogen-bond acceptors (Lipinski definition) is 6. The highest BCUT2D eigenvalue weighted by Gasteiger charge is 2.45. The van der Waals surface area contributed by atoms with Gasteiger partial charge in [-0.3, -0.25) is 20.7 Å². The van der Waals surface area contributed by atoms with E-state index >= 15 is 0 Å². The van der Waals surface area contributed by atoms with Gasteiger partial charge in [-0.05, 0) is 93.3 Å². The van der Waals surface area contributed by atoms with Crippen molar-refractivity contribution in [3.8, 4) is 0 Å². The van der Waals surface area contributed by atoms with Crippen molar-refractivity contribution in [3.63, 3.8) is 0 Å². The molecule has 11 atom stereocenters. The molecule has 6 fully saturated rings. The molecule has 6 rings (SSSR count). The highest BCUT2D eigenvalue weighted by molar-refractivity contribution is 5.69. The Morgan fingerprint density at radius 2 is 1.04 bits per heavy atom. The van der Waals surface area contributed by atoms with Crippen LogP contribution in [0.5, 0.6) is 0 Å². The number of esters is 1. The van der Waals surface area contributed by atoms with Gasteiger partial charge in [-0.25, -0.2) is 0 Å². The Bertz CT molecular complexity index is 890. The van der Waals surface area contributed by atoms with E-state index in [9.17, 15) is 9.90 Å². The first-order chi connectivity index (χ1) is 23.1. The van der Waals surface area contributed by atoms with Gasteiger partial charge >= 0.3 is 5.97 Å². The highest BCUT2D eigenvalue weighted by Crippen LogP contribution is 2.46. The van der Waals surface area contributed by atoms with Gasteiger partial charge in [0.1, 0.15) is 6.10 Å². The average Bonchev–Trinajstić information content (AvgIpc) is 3.10. The molecule has 0 radical (unpaired) electrons. The predicted octanol–water partition coefficient (Wildman–Crippen LogP) is 8.95. The van der Waals surface area contributed by atoms with Crippen LogP contribution in [0.25, 0.3) is 0 Å². The zero-order valence-corrected chi connectivity index (χ0v) is 30.3. The van der Waals surface area contributed by atoms with Gasteiger partial charge in [-0.2, -0.15) is 0 Å². The standard InChI is InChI=1S/C41H73N3O3/c1-2-3-4-5-6-7-8-9-10-19-38(46)47-35-24-25-36(37(45)28-35)41-43-39(33-22-20-29-15-11-13-17-31(29)26-33)42-40(44-41)34-23-21-30-16-12-14-18-32(30)27-34/h29-37,39-45H,2-28H2,1H3. The molecule has 6 nitrogen and oxygen atoms in total. The maximum absolute atomic E-state index is 12.7. The van der Waals surface area contributed by atoms with Crippen LogP contribution in [0.1, 0.15) is 180 Å². The Labute approximate surface area is 288 Å². The smallest absolute Gasteiger partial charge is 0.306 e. The molecular weight excluding hydrogens is 582 g/mol. The molecule has 5 aliphatic carbocycles. The average molecular weight is 656 g/mol. The third-order valence-electron chi connectivity index (χ3n) is 14.2. The third-order valence-corrected chi connectivity index (χ3v) is 14.2. The van der Waals surface area contributed by atoms with Gasteiger partial charge in [0.25, 0.3) is 0 Å². The van der Waals surface area contributed by atoms with Crippen molar-refractivity contribution in [2.75, 3.05) is 0 Å². The van der Waals surface area contributed by atoms with Gasteiger partial charge in [-0.15, -0.1) is 0 Å². The summed E-state index contributed by atoms with van der Waals surface area (Å²) in [7, 11) is 0. The van der Waals surface area contributed by atoms with E-state index in [1.54, 1.807) is 0 Å². The number of carbonyl (C=O) groups is 1. The second-order valence-corrected chi connectivity index (χ2v) is 17.4. The maximum Gasteiger partial charge on any atom is 0.306 e. The van der Waals surface area contributed by atoms with Crippen molar-refractivity contribution in [2.24, 2.45) is 41.4 Å². The first-order valence-corrected chi connectivity index (χ1v) is 21.2. The zero-order valence-electron chi connectivity index (χ0n) is 30.3. The Morgan fingerprint density at radius 3 is 1.60 bits per heavy atom. The number of ether oxygens (including phenoxy) is 1. The monoisotopic (exact) mass is 656 g/mol. The van der Waals surface area contributed by atoms with E-state index < -0.39 is 6.10 Å². The lowest BCUT2D eigenvalue weighted by molar-refractivity contribution is -0.154. The number of aliphatic hydroxyl groups excluding tert-OH is 1. The largest absolute Gasteiger partial charge is 0.462 e. The van der Waals surface area contributed by atoms with Gasteiger partial charge in [0.2, 0.25) is 0 Å². The summed E-state index contributed by atoms with van der Waals surface area (Å²) in [5, 5.41) is 23.9. The predicted molar refractivity (Wildman–Crippen MR) is 191 cm³/mol. The molecule has 4 N–H and O–H groups in total. The number of aliphatic hydroxyl groups is 1. The summed E-state index contributed by atoms with van der Waals surface area (Å²) in [5.74, 6) is 5.24. The Balaban J connectivity index is 0.995. The molecule has 6 aliphatic rings.